The molecule has 0 aliphatic heterocycles. The molecule has 0 saturated heterocycles. The highest BCUT2D eigenvalue weighted by Gasteiger charge is 2.14. The Labute approximate surface area is 102 Å². The monoisotopic (exact) mass is 239 g/mol. The molecule has 5 heteroatoms. The zero-order chi connectivity index (χ0) is 12.7. The topological polar surface area (TPSA) is 56.1 Å². The smallest absolute Gasteiger partial charge is 0.244 e. The van der Waals surface area contributed by atoms with Crippen molar-refractivity contribution in [3.05, 3.63) is 18.0 Å². The second-order valence-corrected chi connectivity index (χ2v) is 4.02. The fourth-order valence-corrected chi connectivity index (χ4v) is 1.44. The molecule has 5 nitrogen and oxygen atoms in total. The number of nitrogens with zero attached hydrogens (tertiary/aromatic N) is 2. The van der Waals surface area contributed by atoms with Gasteiger partial charge in [0.2, 0.25) is 5.91 Å². The predicted molar refractivity (Wildman–Crippen MR) is 65.8 cm³/mol. The van der Waals surface area contributed by atoms with Gasteiger partial charge in [-0.3, -0.25) is 9.48 Å². The van der Waals surface area contributed by atoms with Crippen molar-refractivity contribution in [2.24, 2.45) is 0 Å². The lowest BCUT2D eigenvalue weighted by Crippen LogP contribution is -2.32. The lowest BCUT2D eigenvalue weighted by molar-refractivity contribution is -0.124. The number of aryl methyl sites for hydroxylation is 1. The zero-order valence-corrected chi connectivity index (χ0v) is 10.8. The Kier molecular flexibility index (Phi) is 5.69. The Morgan fingerprint density at radius 3 is 3.00 bits per heavy atom. The van der Waals surface area contributed by atoms with E-state index in [-0.39, 0.29) is 11.9 Å². The molecule has 96 valence electrons. The van der Waals surface area contributed by atoms with E-state index in [9.17, 15) is 4.79 Å². The van der Waals surface area contributed by atoms with Gasteiger partial charge >= 0.3 is 0 Å². The van der Waals surface area contributed by atoms with Gasteiger partial charge in [-0.05, 0) is 32.8 Å². The van der Waals surface area contributed by atoms with Gasteiger partial charge in [0.1, 0.15) is 6.04 Å². The number of carbonyl (C=O) groups excluding carboxylic acids is 1. The van der Waals surface area contributed by atoms with Crippen molar-refractivity contribution < 1.29 is 9.53 Å². The molecule has 1 amide bonds. The third-order valence-electron chi connectivity index (χ3n) is 2.48. The lowest BCUT2D eigenvalue weighted by Gasteiger charge is -2.12. The zero-order valence-electron chi connectivity index (χ0n) is 10.8. The first-order valence-electron chi connectivity index (χ1n) is 6.01. The summed E-state index contributed by atoms with van der Waals surface area (Å²) in [6.07, 6.45) is 4.45. The Bertz CT molecular complexity index is 349. The normalized spacial score (nSPS) is 12.4. The van der Waals surface area contributed by atoms with Crippen molar-refractivity contribution >= 4 is 5.91 Å². The molecule has 1 heterocycles. The molecule has 0 aromatic carbocycles. The molecule has 1 unspecified atom stereocenters. The van der Waals surface area contributed by atoms with Crippen molar-refractivity contribution in [3.8, 4) is 0 Å². The van der Waals surface area contributed by atoms with Crippen LogP contribution in [0.1, 0.15) is 31.9 Å². The fraction of sp³-hybridized carbons (Fsp3) is 0.667. The number of amides is 1. The van der Waals surface area contributed by atoms with Crippen LogP contribution >= 0.6 is 0 Å². The van der Waals surface area contributed by atoms with Gasteiger partial charge in [-0.15, -0.1) is 0 Å². The maximum absolute atomic E-state index is 11.8. The number of ether oxygens (including phenoxy) is 1. The van der Waals surface area contributed by atoms with Crippen molar-refractivity contribution in [3.63, 3.8) is 0 Å². The number of carbonyl (C=O) groups is 1. The summed E-state index contributed by atoms with van der Waals surface area (Å²) >= 11 is 0. The molecule has 0 aliphatic rings. The molecule has 0 fully saturated rings. The van der Waals surface area contributed by atoms with Gasteiger partial charge in [0, 0.05) is 26.0 Å². The summed E-state index contributed by atoms with van der Waals surface area (Å²) in [5.74, 6) is -0.00963. The Balaban J connectivity index is 2.28. The molecule has 17 heavy (non-hydrogen) atoms. The third-order valence-corrected chi connectivity index (χ3v) is 2.48. The van der Waals surface area contributed by atoms with Crippen LogP contribution in [0.25, 0.3) is 0 Å². The van der Waals surface area contributed by atoms with E-state index >= 15 is 0 Å². The molecule has 1 N–H and O–H groups in total. The van der Waals surface area contributed by atoms with Crippen molar-refractivity contribution in [2.75, 3.05) is 19.8 Å². The van der Waals surface area contributed by atoms with E-state index in [2.05, 4.69) is 10.4 Å². The van der Waals surface area contributed by atoms with Crippen LogP contribution in [0.5, 0.6) is 0 Å². The van der Waals surface area contributed by atoms with Crippen molar-refractivity contribution in [1.82, 2.24) is 15.1 Å². The van der Waals surface area contributed by atoms with Crippen LogP contribution in [0.3, 0.4) is 0 Å². The first-order valence-corrected chi connectivity index (χ1v) is 6.01. The number of hydrogen-bond acceptors (Lipinski definition) is 3. The quantitative estimate of drug-likeness (QED) is 0.730. The van der Waals surface area contributed by atoms with E-state index in [1.807, 2.05) is 27.0 Å². The highest BCUT2D eigenvalue weighted by Crippen LogP contribution is 2.05. The first kappa shape index (κ1) is 13.7. The molecule has 1 rings (SSSR count). The van der Waals surface area contributed by atoms with E-state index in [0.29, 0.717) is 13.2 Å². The van der Waals surface area contributed by atoms with Gasteiger partial charge in [-0.1, -0.05) is 0 Å². The fourth-order valence-electron chi connectivity index (χ4n) is 1.44. The van der Waals surface area contributed by atoms with Crippen molar-refractivity contribution in [2.45, 2.75) is 33.2 Å². The maximum atomic E-state index is 11.8. The number of rotatable bonds is 7. The number of nitrogens with one attached hydrogen (secondary N) is 1. The van der Waals surface area contributed by atoms with E-state index in [1.54, 1.807) is 10.9 Å². The molecule has 0 radical (unpaired) electrons. The predicted octanol–water partition coefficient (Wildman–Crippen LogP) is 1.30. The van der Waals surface area contributed by atoms with Crippen LogP contribution < -0.4 is 5.32 Å². The van der Waals surface area contributed by atoms with Crippen LogP contribution in [0.2, 0.25) is 0 Å². The minimum atomic E-state index is -0.268. The maximum Gasteiger partial charge on any atom is 0.244 e. The molecule has 0 aliphatic carbocycles. The van der Waals surface area contributed by atoms with Crippen LogP contribution in [0.15, 0.2) is 12.4 Å². The minimum Gasteiger partial charge on any atom is -0.382 e. The van der Waals surface area contributed by atoms with Gasteiger partial charge in [0.25, 0.3) is 0 Å². The molecular formula is C12H21N3O2. The Hall–Kier alpha value is -1.36. The molecule has 1 atom stereocenters. The minimum absolute atomic E-state index is 0.00963. The largest absolute Gasteiger partial charge is 0.382 e. The second kappa shape index (κ2) is 7.06. The van der Waals surface area contributed by atoms with Crippen LogP contribution in [-0.2, 0) is 9.53 Å². The Morgan fingerprint density at radius 1 is 1.65 bits per heavy atom. The molecule has 0 spiro atoms. The number of hydrogen-bond donors (Lipinski definition) is 1. The lowest BCUT2D eigenvalue weighted by atomic mass is 10.3. The molecule has 1 aromatic rings. The van der Waals surface area contributed by atoms with E-state index < -0.39 is 0 Å². The summed E-state index contributed by atoms with van der Waals surface area (Å²) in [6, 6.07) is -0.268. The van der Waals surface area contributed by atoms with Gasteiger partial charge < -0.3 is 10.1 Å². The average Bonchev–Trinajstić information content (AvgIpc) is 2.74. The third kappa shape index (κ3) is 4.56. The van der Waals surface area contributed by atoms with Crippen LogP contribution in [-0.4, -0.2) is 35.4 Å². The van der Waals surface area contributed by atoms with E-state index in [4.69, 9.17) is 4.74 Å². The van der Waals surface area contributed by atoms with E-state index in [0.717, 1.165) is 18.6 Å². The average molecular weight is 239 g/mol. The summed E-state index contributed by atoms with van der Waals surface area (Å²) in [7, 11) is 0. The first-order chi connectivity index (χ1) is 8.15. The van der Waals surface area contributed by atoms with Crippen LogP contribution in [0, 0.1) is 6.92 Å². The standard InChI is InChI=1S/C12H21N3O2/c1-4-17-7-5-6-13-12(16)11(3)15-9-10(2)8-14-15/h8-9,11H,4-7H2,1-3H3,(H,13,16). The van der Waals surface area contributed by atoms with Gasteiger partial charge in [-0.25, -0.2) is 0 Å². The van der Waals surface area contributed by atoms with Crippen molar-refractivity contribution in [1.29, 1.82) is 0 Å². The van der Waals surface area contributed by atoms with E-state index in [1.165, 1.54) is 0 Å². The van der Waals surface area contributed by atoms with Crippen LogP contribution in [0.4, 0.5) is 0 Å². The second-order valence-electron chi connectivity index (χ2n) is 4.02. The summed E-state index contributed by atoms with van der Waals surface area (Å²) in [4.78, 5) is 11.8. The highest BCUT2D eigenvalue weighted by molar-refractivity contribution is 5.79. The summed E-state index contributed by atoms with van der Waals surface area (Å²) < 4.78 is 6.87. The molecular weight excluding hydrogens is 218 g/mol. The molecule has 0 saturated carbocycles. The Morgan fingerprint density at radius 2 is 2.41 bits per heavy atom. The van der Waals surface area contributed by atoms with Gasteiger partial charge in [-0.2, -0.15) is 5.10 Å². The SMILES string of the molecule is CCOCCCNC(=O)C(C)n1cc(C)cn1. The summed E-state index contributed by atoms with van der Waals surface area (Å²) in [5, 5.41) is 6.99. The number of aromatic nitrogens is 2. The van der Waals surface area contributed by atoms with Gasteiger partial charge in [0.05, 0.1) is 6.20 Å². The molecule has 0 bridgehead atoms. The van der Waals surface area contributed by atoms with Gasteiger partial charge in [0.15, 0.2) is 0 Å². The summed E-state index contributed by atoms with van der Waals surface area (Å²) in [5.41, 5.74) is 1.06. The highest BCUT2D eigenvalue weighted by atomic mass is 16.5. The summed E-state index contributed by atoms with van der Waals surface area (Å²) in [6.45, 7) is 7.80. The molecule has 1 aromatic heterocycles.